The Balaban J connectivity index is 2.21. The fraction of sp³-hybridized carbons (Fsp3) is 0.300. The minimum atomic E-state index is -0.426. The van der Waals surface area contributed by atoms with E-state index in [0.717, 1.165) is 17.2 Å². The van der Waals surface area contributed by atoms with E-state index in [4.69, 9.17) is 0 Å². The molecule has 0 amide bonds. The maximum atomic E-state index is 9.48. The topological polar surface area (TPSA) is 38.0 Å². The van der Waals surface area contributed by atoms with Crippen molar-refractivity contribution < 1.29 is 5.11 Å². The predicted molar refractivity (Wildman–Crippen MR) is 56.3 cm³/mol. The van der Waals surface area contributed by atoms with E-state index in [1.54, 1.807) is 24.5 Å². The van der Waals surface area contributed by atoms with E-state index >= 15 is 0 Å². The predicted octanol–water partition coefficient (Wildman–Crippen LogP) is 2.05. The molecule has 3 nitrogen and oxygen atoms in total. The third-order valence-corrected chi connectivity index (χ3v) is 2.85. The average Bonchev–Trinajstić information content (AvgIpc) is 2.75. The number of rotatable bonds is 3. The van der Waals surface area contributed by atoms with Crippen LogP contribution in [0.25, 0.3) is 0 Å². The van der Waals surface area contributed by atoms with E-state index in [0.29, 0.717) is 0 Å². The van der Waals surface area contributed by atoms with E-state index < -0.39 is 6.10 Å². The van der Waals surface area contributed by atoms with Crippen molar-refractivity contribution in [3.63, 3.8) is 0 Å². The summed E-state index contributed by atoms with van der Waals surface area (Å²) in [6.07, 6.45) is 3.33. The fourth-order valence-electron chi connectivity index (χ4n) is 1.43. The summed E-state index contributed by atoms with van der Waals surface area (Å²) in [5.74, 6) is 0. The van der Waals surface area contributed by atoms with E-state index in [1.165, 1.54) is 0 Å². The van der Waals surface area contributed by atoms with Crippen molar-refractivity contribution in [3.8, 4) is 0 Å². The number of aliphatic hydroxyl groups excluding tert-OH is 1. The van der Waals surface area contributed by atoms with Gasteiger partial charge in [-0.25, -0.2) is 4.98 Å². The molecule has 2 aromatic rings. The van der Waals surface area contributed by atoms with Gasteiger partial charge in [0, 0.05) is 23.5 Å². The normalized spacial score (nSPS) is 13.0. The SMILES string of the molecule is CC(O)c1cccn1Cc1nccs1. The number of aromatic nitrogens is 2. The summed E-state index contributed by atoms with van der Waals surface area (Å²) in [5, 5.41) is 12.5. The second kappa shape index (κ2) is 3.94. The largest absolute Gasteiger partial charge is 0.387 e. The Bertz CT molecular complexity index is 392. The van der Waals surface area contributed by atoms with Crippen LogP contribution in [-0.2, 0) is 6.54 Å². The molecule has 2 heterocycles. The summed E-state index contributed by atoms with van der Waals surface area (Å²) in [7, 11) is 0. The van der Waals surface area contributed by atoms with Gasteiger partial charge >= 0.3 is 0 Å². The molecule has 2 rings (SSSR count). The third-order valence-electron chi connectivity index (χ3n) is 2.08. The Labute approximate surface area is 86.7 Å². The minimum Gasteiger partial charge on any atom is -0.387 e. The standard InChI is InChI=1S/C10H12N2OS/c1-8(13)9-3-2-5-12(9)7-10-11-4-6-14-10/h2-6,8,13H,7H2,1H3. The van der Waals surface area contributed by atoms with Crippen molar-refractivity contribution in [3.05, 3.63) is 40.6 Å². The van der Waals surface area contributed by atoms with E-state index in [-0.39, 0.29) is 0 Å². The molecule has 0 saturated carbocycles. The van der Waals surface area contributed by atoms with E-state index in [2.05, 4.69) is 4.98 Å². The Morgan fingerprint density at radius 1 is 1.64 bits per heavy atom. The third kappa shape index (κ3) is 1.86. The summed E-state index contributed by atoms with van der Waals surface area (Å²) in [6, 6.07) is 3.87. The van der Waals surface area contributed by atoms with Crippen molar-refractivity contribution in [1.29, 1.82) is 0 Å². The summed E-state index contributed by atoms with van der Waals surface area (Å²) in [4.78, 5) is 4.21. The van der Waals surface area contributed by atoms with Crippen LogP contribution in [-0.4, -0.2) is 14.7 Å². The Morgan fingerprint density at radius 2 is 2.50 bits per heavy atom. The molecule has 2 aromatic heterocycles. The second-order valence-electron chi connectivity index (χ2n) is 3.16. The maximum absolute atomic E-state index is 9.48. The van der Waals surface area contributed by atoms with Crippen LogP contribution in [0, 0.1) is 0 Å². The molecular formula is C10H12N2OS. The molecule has 0 aromatic carbocycles. The summed E-state index contributed by atoms with van der Waals surface area (Å²) >= 11 is 1.63. The molecule has 0 fully saturated rings. The molecule has 1 unspecified atom stereocenters. The van der Waals surface area contributed by atoms with Crippen LogP contribution in [0.2, 0.25) is 0 Å². The first-order valence-electron chi connectivity index (χ1n) is 4.49. The molecule has 0 spiro atoms. The Morgan fingerprint density at radius 3 is 3.14 bits per heavy atom. The number of nitrogens with zero attached hydrogens (tertiary/aromatic N) is 2. The van der Waals surface area contributed by atoms with Crippen molar-refractivity contribution in [1.82, 2.24) is 9.55 Å². The zero-order chi connectivity index (χ0) is 9.97. The molecule has 1 atom stereocenters. The lowest BCUT2D eigenvalue weighted by molar-refractivity contribution is 0.190. The lowest BCUT2D eigenvalue weighted by Crippen LogP contribution is -2.05. The summed E-state index contributed by atoms with van der Waals surface area (Å²) < 4.78 is 2.02. The highest BCUT2D eigenvalue weighted by Crippen LogP contribution is 2.15. The van der Waals surface area contributed by atoms with Gasteiger partial charge in [-0.1, -0.05) is 0 Å². The van der Waals surface area contributed by atoms with Gasteiger partial charge < -0.3 is 9.67 Å². The Kier molecular flexibility index (Phi) is 2.65. The smallest absolute Gasteiger partial charge is 0.112 e. The van der Waals surface area contributed by atoms with Gasteiger partial charge in [0.05, 0.1) is 12.6 Å². The second-order valence-corrected chi connectivity index (χ2v) is 4.14. The molecule has 0 radical (unpaired) electrons. The molecule has 4 heteroatoms. The summed E-state index contributed by atoms with van der Waals surface area (Å²) in [5.41, 5.74) is 0.931. The molecule has 1 N–H and O–H groups in total. The van der Waals surface area contributed by atoms with Crippen LogP contribution in [0.15, 0.2) is 29.9 Å². The van der Waals surface area contributed by atoms with Crippen LogP contribution in [0.5, 0.6) is 0 Å². The summed E-state index contributed by atoms with van der Waals surface area (Å²) in [6.45, 7) is 2.51. The molecule has 14 heavy (non-hydrogen) atoms. The lowest BCUT2D eigenvalue weighted by Gasteiger charge is -2.09. The van der Waals surface area contributed by atoms with E-state index in [1.807, 2.05) is 28.3 Å². The van der Waals surface area contributed by atoms with Gasteiger partial charge in [0.25, 0.3) is 0 Å². The first-order chi connectivity index (χ1) is 6.77. The van der Waals surface area contributed by atoms with Crippen LogP contribution >= 0.6 is 11.3 Å². The molecule has 0 bridgehead atoms. The van der Waals surface area contributed by atoms with Crippen LogP contribution < -0.4 is 0 Å². The van der Waals surface area contributed by atoms with Gasteiger partial charge in [-0.05, 0) is 19.1 Å². The first kappa shape index (κ1) is 9.43. The van der Waals surface area contributed by atoms with Crippen molar-refractivity contribution in [2.24, 2.45) is 0 Å². The molecular weight excluding hydrogens is 196 g/mol. The van der Waals surface area contributed by atoms with Gasteiger partial charge in [-0.3, -0.25) is 0 Å². The highest BCUT2D eigenvalue weighted by atomic mass is 32.1. The first-order valence-corrected chi connectivity index (χ1v) is 5.37. The zero-order valence-electron chi connectivity index (χ0n) is 7.92. The lowest BCUT2D eigenvalue weighted by atomic mass is 10.3. The Hall–Kier alpha value is -1.13. The van der Waals surface area contributed by atoms with Gasteiger partial charge in [0.1, 0.15) is 5.01 Å². The van der Waals surface area contributed by atoms with Crippen LogP contribution in [0.3, 0.4) is 0 Å². The quantitative estimate of drug-likeness (QED) is 0.838. The zero-order valence-corrected chi connectivity index (χ0v) is 8.74. The molecule has 74 valence electrons. The molecule has 0 aliphatic carbocycles. The highest BCUT2D eigenvalue weighted by Gasteiger charge is 2.07. The highest BCUT2D eigenvalue weighted by molar-refractivity contribution is 7.09. The van der Waals surface area contributed by atoms with Gasteiger partial charge in [-0.15, -0.1) is 11.3 Å². The molecule has 0 aliphatic heterocycles. The van der Waals surface area contributed by atoms with Crippen LogP contribution in [0.4, 0.5) is 0 Å². The van der Waals surface area contributed by atoms with Crippen molar-refractivity contribution >= 4 is 11.3 Å². The number of aliphatic hydroxyl groups is 1. The molecule has 0 aliphatic rings. The van der Waals surface area contributed by atoms with E-state index in [9.17, 15) is 5.11 Å². The maximum Gasteiger partial charge on any atom is 0.112 e. The monoisotopic (exact) mass is 208 g/mol. The van der Waals surface area contributed by atoms with Crippen molar-refractivity contribution in [2.45, 2.75) is 19.6 Å². The molecule has 0 saturated heterocycles. The number of thiazole rings is 1. The van der Waals surface area contributed by atoms with Crippen LogP contribution in [0.1, 0.15) is 23.7 Å². The number of hydrogen-bond acceptors (Lipinski definition) is 3. The van der Waals surface area contributed by atoms with Gasteiger partial charge in [-0.2, -0.15) is 0 Å². The van der Waals surface area contributed by atoms with Gasteiger partial charge in [0.15, 0.2) is 0 Å². The number of hydrogen-bond donors (Lipinski definition) is 1. The minimum absolute atomic E-state index is 0.426. The van der Waals surface area contributed by atoms with Gasteiger partial charge in [0.2, 0.25) is 0 Å². The average molecular weight is 208 g/mol. The van der Waals surface area contributed by atoms with Crippen molar-refractivity contribution in [2.75, 3.05) is 0 Å². The fourth-order valence-corrected chi connectivity index (χ4v) is 2.04.